The summed E-state index contributed by atoms with van der Waals surface area (Å²) in [5.74, 6) is 0. The maximum absolute atomic E-state index is 8.73. The lowest BCUT2D eigenvalue weighted by molar-refractivity contribution is 1.14. The summed E-state index contributed by atoms with van der Waals surface area (Å²) < 4.78 is 1.07. The molecule has 2 aromatic carbocycles. The number of rotatable bonds is 3. The van der Waals surface area contributed by atoms with Crippen molar-refractivity contribution < 1.29 is 0 Å². The van der Waals surface area contributed by atoms with Gasteiger partial charge in [-0.3, -0.25) is 0 Å². The van der Waals surface area contributed by atoms with E-state index < -0.39 is 0 Å². The number of anilines is 1. The number of aryl methyl sites for hydroxylation is 1. The predicted molar refractivity (Wildman–Crippen MR) is 77.4 cm³/mol. The van der Waals surface area contributed by atoms with Crippen LogP contribution in [0.3, 0.4) is 0 Å². The topological polar surface area (TPSA) is 35.8 Å². The van der Waals surface area contributed by atoms with Crippen LogP contribution in [0.25, 0.3) is 0 Å². The van der Waals surface area contributed by atoms with Gasteiger partial charge in [0.1, 0.15) is 0 Å². The molecule has 0 aliphatic rings. The first-order valence-corrected chi connectivity index (χ1v) is 6.47. The van der Waals surface area contributed by atoms with E-state index in [9.17, 15) is 0 Å². The average molecular weight is 301 g/mol. The number of nitrogens with zero attached hydrogens (tertiary/aromatic N) is 1. The van der Waals surface area contributed by atoms with E-state index in [2.05, 4.69) is 46.4 Å². The first-order chi connectivity index (χ1) is 8.69. The van der Waals surface area contributed by atoms with Gasteiger partial charge in [-0.25, -0.2) is 0 Å². The highest BCUT2D eigenvalue weighted by atomic mass is 79.9. The van der Waals surface area contributed by atoms with Gasteiger partial charge in [-0.2, -0.15) is 5.26 Å². The molecule has 0 bridgehead atoms. The molecule has 0 saturated carbocycles. The van der Waals surface area contributed by atoms with Crippen LogP contribution in [0.5, 0.6) is 0 Å². The standard InChI is InChI=1S/C15H13BrN2/c1-11-2-7-14(16)8-15(11)18-10-13-5-3-12(9-17)4-6-13/h2-8,18H,10H2,1H3. The molecular formula is C15H13BrN2. The van der Waals surface area contributed by atoms with E-state index in [-0.39, 0.29) is 0 Å². The Morgan fingerprint density at radius 3 is 2.56 bits per heavy atom. The lowest BCUT2D eigenvalue weighted by Crippen LogP contribution is -2.00. The first kappa shape index (κ1) is 12.7. The zero-order valence-corrected chi connectivity index (χ0v) is 11.7. The Morgan fingerprint density at radius 2 is 1.89 bits per heavy atom. The van der Waals surface area contributed by atoms with Crippen LogP contribution in [0.4, 0.5) is 5.69 Å². The maximum Gasteiger partial charge on any atom is 0.0991 e. The normalized spacial score (nSPS) is 9.83. The van der Waals surface area contributed by atoms with Crippen molar-refractivity contribution in [2.24, 2.45) is 0 Å². The second-order valence-corrected chi connectivity index (χ2v) is 5.04. The zero-order chi connectivity index (χ0) is 13.0. The van der Waals surface area contributed by atoms with Crippen molar-refractivity contribution in [1.29, 1.82) is 5.26 Å². The number of nitrogens with one attached hydrogen (secondary N) is 1. The van der Waals surface area contributed by atoms with E-state index in [0.717, 1.165) is 22.3 Å². The lowest BCUT2D eigenvalue weighted by Gasteiger charge is -2.10. The van der Waals surface area contributed by atoms with Crippen LogP contribution in [-0.2, 0) is 6.54 Å². The Hall–Kier alpha value is -1.79. The highest BCUT2D eigenvalue weighted by Gasteiger charge is 1.99. The average Bonchev–Trinajstić information content (AvgIpc) is 2.40. The molecule has 0 amide bonds. The number of halogens is 1. The van der Waals surface area contributed by atoms with E-state index >= 15 is 0 Å². The van der Waals surface area contributed by atoms with Crippen molar-refractivity contribution in [2.45, 2.75) is 13.5 Å². The Labute approximate surface area is 115 Å². The highest BCUT2D eigenvalue weighted by molar-refractivity contribution is 9.10. The Kier molecular flexibility index (Phi) is 4.01. The number of benzene rings is 2. The zero-order valence-electron chi connectivity index (χ0n) is 10.1. The van der Waals surface area contributed by atoms with Crippen LogP contribution in [0, 0.1) is 18.3 Å². The van der Waals surface area contributed by atoms with Gasteiger partial charge in [0.15, 0.2) is 0 Å². The predicted octanol–water partition coefficient (Wildman–Crippen LogP) is 4.24. The molecule has 0 aliphatic heterocycles. The molecule has 0 aliphatic carbocycles. The van der Waals surface area contributed by atoms with Crippen molar-refractivity contribution in [3.63, 3.8) is 0 Å². The number of hydrogen-bond donors (Lipinski definition) is 1. The van der Waals surface area contributed by atoms with Crippen LogP contribution in [-0.4, -0.2) is 0 Å². The SMILES string of the molecule is Cc1ccc(Br)cc1NCc1ccc(C#N)cc1. The molecule has 0 fully saturated rings. The summed E-state index contributed by atoms with van der Waals surface area (Å²) >= 11 is 3.47. The quantitative estimate of drug-likeness (QED) is 0.920. The molecule has 18 heavy (non-hydrogen) atoms. The summed E-state index contributed by atoms with van der Waals surface area (Å²) in [6.45, 7) is 2.83. The molecule has 2 rings (SSSR count). The van der Waals surface area contributed by atoms with Crippen LogP contribution in [0.2, 0.25) is 0 Å². The van der Waals surface area contributed by atoms with Crippen molar-refractivity contribution >= 4 is 21.6 Å². The van der Waals surface area contributed by atoms with E-state index in [0.29, 0.717) is 5.56 Å². The molecule has 1 N–H and O–H groups in total. The minimum atomic E-state index is 0.692. The summed E-state index contributed by atoms with van der Waals surface area (Å²) in [4.78, 5) is 0. The Morgan fingerprint density at radius 1 is 1.17 bits per heavy atom. The summed E-state index contributed by atoms with van der Waals surface area (Å²) in [6.07, 6.45) is 0. The number of nitriles is 1. The third-order valence-electron chi connectivity index (χ3n) is 2.77. The van der Waals surface area contributed by atoms with E-state index in [1.54, 1.807) is 0 Å². The molecule has 3 heteroatoms. The monoisotopic (exact) mass is 300 g/mol. The van der Waals surface area contributed by atoms with Gasteiger partial charge < -0.3 is 5.32 Å². The minimum absolute atomic E-state index is 0.692. The van der Waals surface area contributed by atoms with Crippen molar-refractivity contribution in [2.75, 3.05) is 5.32 Å². The van der Waals surface area contributed by atoms with E-state index in [1.165, 1.54) is 5.56 Å². The Balaban J connectivity index is 2.07. The van der Waals surface area contributed by atoms with Gasteiger partial charge in [-0.1, -0.05) is 34.1 Å². The molecule has 0 atom stereocenters. The molecule has 0 radical (unpaired) electrons. The van der Waals surface area contributed by atoms with Gasteiger partial charge in [0.05, 0.1) is 11.6 Å². The van der Waals surface area contributed by atoms with Crippen molar-refractivity contribution in [1.82, 2.24) is 0 Å². The fraction of sp³-hybridized carbons (Fsp3) is 0.133. The first-order valence-electron chi connectivity index (χ1n) is 5.68. The van der Waals surface area contributed by atoms with Gasteiger partial charge in [-0.15, -0.1) is 0 Å². The van der Waals surface area contributed by atoms with E-state index in [4.69, 9.17) is 5.26 Å². The molecule has 2 nitrogen and oxygen atoms in total. The molecule has 90 valence electrons. The fourth-order valence-corrected chi connectivity index (χ4v) is 2.04. The summed E-state index contributed by atoms with van der Waals surface area (Å²) in [7, 11) is 0. The van der Waals surface area contributed by atoms with Gasteiger partial charge in [-0.05, 0) is 42.3 Å². The van der Waals surface area contributed by atoms with Crippen molar-refractivity contribution in [3.8, 4) is 6.07 Å². The van der Waals surface area contributed by atoms with Gasteiger partial charge in [0, 0.05) is 16.7 Å². The van der Waals surface area contributed by atoms with Gasteiger partial charge in [0.2, 0.25) is 0 Å². The molecule has 0 saturated heterocycles. The van der Waals surface area contributed by atoms with Gasteiger partial charge in [0.25, 0.3) is 0 Å². The van der Waals surface area contributed by atoms with Crippen LogP contribution >= 0.6 is 15.9 Å². The Bertz CT molecular complexity index is 582. The molecular weight excluding hydrogens is 288 g/mol. The van der Waals surface area contributed by atoms with E-state index in [1.807, 2.05) is 30.3 Å². The third-order valence-corrected chi connectivity index (χ3v) is 3.26. The summed E-state index contributed by atoms with van der Waals surface area (Å²) in [5.41, 5.74) is 4.19. The largest absolute Gasteiger partial charge is 0.381 e. The summed E-state index contributed by atoms with van der Waals surface area (Å²) in [6, 6.07) is 15.9. The molecule has 0 spiro atoms. The van der Waals surface area contributed by atoms with Crippen LogP contribution < -0.4 is 5.32 Å². The van der Waals surface area contributed by atoms with Crippen LogP contribution in [0.1, 0.15) is 16.7 Å². The number of hydrogen-bond acceptors (Lipinski definition) is 2. The lowest BCUT2D eigenvalue weighted by atomic mass is 10.1. The second kappa shape index (κ2) is 5.70. The van der Waals surface area contributed by atoms with Gasteiger partial charge >= 0.3 is 0 Å². The fourth-order valence-electron chi connectivity index (χ4n) is 1.68. The van der Waals surface area contributed by atoms with Crippen LogP contribution in [0.15, 0.2) is 46.9 Å². The second-order valence-electron chi connectivity index (χ2n) is 4.12. The molecule has 2 aromatic rings. The highest BCUT2D eigenvalue weighted by Crippen LogP contribution is 2.21. The smallest absolute Gasteiger partial charge is 0.0991 e. The molecule has 0 heterocycles. The molecule has 0 unspecified atom stereocenters. The molecule has 0 aromatic heterocycles. The summed E-state index contributed by atoms with van der Waals surface area (Å²) in [5, 5.41) is 12.1. The maximum atomic E-state index is 8.73. The third kappa shape index (κ3) is 3.12. The van der Waals surface area contributed by atoms with Crippen molar-refractivity contribution in [3.05, 3.63) is 63.6 Å². The minimum Gasteiger partial charge on any atom is -0.381 e.